The van der Waals surface area contributed by atoms with Crippen LogP contribution < -0.4 is 5.32 Å². The van der Waals surface area contributed by atoms with Gasteiger partial charge in [0.05, 0.1) is 0 Å². The van der Waals surface area contributed by atoms with Crippen molar-refractivity contribution in [2.24, 2.45) is 7.05 Å². The highest BCUT2D eigenvalue weighted by Gasteiger charge is 2.16. The Morgan fingerprint density at radius 3 is 2.52 bits per heavy atom. The highest BCUT2D eigenvalue weighted by molar-refractivity contribution is 5.99. The Hall–Kier alpha value is -2.40. The van der Waals surface area contributed by atoms with Crippen LogP contribution in [0.4, 0.5) is 0 Å². The van der Waals surface area contributed by atoms with Gasteiger partial charge in [0.25, 0.3) is 5.91 Å². The highest BCUT2D eigenvalue weighted by atomic mass is 16.3. The summed E-state index contributed by atoms with van der Waals surface area (Å²) in [6.45, 7) is 1.97. The van der Waals surface area contributed by atoms with Gasteiger partial charge in [-0.2, -0.15) is 0 Å². The van der Waals surface area contributed by atoms with Crippen molar-refractivity contribution in [1.82, 2.24) is 9.88 Å². The second kappa shape index (κ2) is 7.74. The lowest BCUT2D eigenvalue weighted by atomic mass is 9.96. The van der Waals surface area contributed by atoms with E-state index in [1.54, 1.807) is 23.9 Å². The van der Waals surface area contributed by atoms with Gasteiger partial charge in [0, 0.05) is 37.9 Å². The van der Waals surface area contributed by atoms with E-state index >= 15 is 0 Å². The minimum Gasteiger partial charge on any atom is -0.396 e. The molecule has 1 unspecified atom stereocenters. The lowest BCUT2D eigenvalue weighted by Gasteiger charge is -2.17. The van der Waals surface area contributed by atoms with Gasteiger partial charge in [0.2, 0.25) is 0 Å². The summed E-state index contributed by atoms with van der Waals surface area (Å²) in [6, 6.07) is 11.4. The first-order chi connectivity index (χ1) is 11.0. The quantitative estimate of drug-likeness (QED) is 0.769. The van der Waals surface area contributed by atoms with Crippen molar-refractivity contribution in [2.45, 2.75) is 19.3 Å². The molecule has 5 heteroatoms. The summed E-state index contributed by atoms with van der Waals surface area (Å²) >= 11 is 0. The van der Waals surface area contributed by atoms with Gasteiger partial charge in [-0.15, -0.1) is 0 Å². The van der Waals surface area contributed by atoms with Gasteiger partial charge >= 0.3 is 0 Å². The number of aromatic nitrogens is 1. The number of Topliss-reactive ketones (excluding diaryl/α,β-unsaturated/α-hetero) is 1. The van der Waals surface area contributed by atoms with E-state index in [4.69, 9.17) is 0 Å². The van der Waals surface area contributed by atoms with E-state index in [0.29, 0.717) is 24.2 Å². The maximum absolute atomic E-state index is 12.3. The maximum Gasteiger partial charge on any atom is 0.267 e. The van der Waals surface area contributed by atoms with E-state index in [2.05, 4.69) is 5.32 Å². The Bertz CT molecular complexity index is 677. The van der Waals surface area contributed by atoms with Crippen LogP contribution in [0.1, 0.15) is 45.7 Å². The molecule has 1 aromatic heterocycles. The van der Waals surface area contributed by atoms with E-state index in [1.165, 1.54) is 6.92 Å². The number of carbonyl (C=O) groups excluding carboxylic acids is 2. The minimum absolute atomic E-state index is 0.0534. The summed E-state index contributed by atoms with van der Waals surface area (Å²) in [7, 11) is 1.74. The first-order valence-electron chi connectivity index (χ1n) is 7.64. The predicted molar refractivity (Wildman–Crippen MR) is 88.6 cm³/mol. The molecular weight excluding hydrogens is 292 g/mol. The Labute approximate surface area is 135 Å². The van der Waals surface area contributed by atoms with Crippen LogP contribution in [-0.4, -0.2) is 34.5 Å². The van der Waals surface area contributed by atoms with Crippen molar-refractivity contribution < 1.29 is 14.7 Å². The molecule has 0 radical (unpaired) electrons. The van der Waals surface area contributed by atoms with Crippen LogP contribution in [-0.2, 0) is 7.05 Å². The fraction of sp³-hybridized carbons (Fsp3) is 0.333. The Kier molecular flexibility index (Phi) is 5.71. The van der Waals surface area contributed by atoms with Gasteiger partial charge in [0.15, 0.2) is 5.78 Å². The van der Waals surface area contributed by atoms with Gasteiger partial charge in [-0.25, -0.2) is 0 Å². The number of hydrogen-bond acceptors (Lipinski definition) is 3. The fourth-order valence-corrected chi connectivity index (χ4v) is 2.56. The molecule has 0 aliphatic carbocycles. The molecule has 2 N–H and O–H groups in total. The number of ketones is 1. The van der Waals surface area contributed by atoms with Crippen LogP contribution in [0.15, 0.2) is 42.6 Å². The van der Waals surface area contributed by atoms with Crippen LogP contribution in [0.3, 0.4) is 0 Å². The topological polar surface area (TPSA) is 71.3 Å². The minimum atomic E-state index is -0.223. The molecule has 2 rings (SSSR count). The van der Waals surface area contributed by atoms with Crippen molar-refractivity contribution in [2.75, 3.05) is 13.2 Å². The molecule has 0 fully saturated rings. The summed E-state index contributed by atoms with van der Waals surface area (Å²) in [5, 5.41) is 12.1. The van der Waals surface area contributed by atoms with Gasteiger partial charge < -0.3 is 15.0 Å². The monoisotopic (exact) mass is 314 g/mol. The number of benzene rings is 1. The summed E-state index contributed by atoms with van der Waals surface area (Å²) in [5.41, 5.74) is 2.05. The molecule has 1 amide bonds. The lowest BCUT2D eigenvalue weighted by molar-refractivity contribution is 0.0941. The standard InChI is InChI=1S/C18H22N2O3/c1-13(22)16-10-17(20(2)12-16)18(23)19-11-15(8-9-21)14-6-4-3-5-7-14/h3-7,10,12,15,21H,8-9,11H2,1-2H3,(H,19,23). The summed E-state index contributed by atoms with van der Waals surface area (Å²) in [6.07, 6.45) is 2.23. The van der Waals surface area contributed by atoms with Crippen molar-refractivity contribution in [1.29, 1.82) is 0 Å². The zero-order valence-electron chi connectivity index (χ0n) is 13.5. The largest absolute Gasteiger partial charge is 0.396 e. The predicted octanol–water partition coefficient (Wildman–Crippen LogP) is 2.12. The molecule has 5 nitrogen and oxygen atoms in total. The molecule has 0 bridgehead atoms. The smallest absolute Gasteiger partial charge is 0.267 e. The Balaban J connectivity index is 2.06. The van der Waals surface area contributed by atoms with Crippen LogP contribution >= 0.6 is 0 Å². The lowest BCUT2D eigenvalue weighted by Crippen LogP contribution is -2.30. The van der Waals surface area contributed by atoms with Crippen molar-refractivity contribution in [3.05, 3.63) is 59.4 Å². The summed E-state index contributed by atoms with van der Waals surface area (Å²) in [5.74, 6) is -0.237. The van der Waals surface area contributed by atoms with Gasteiger partial charge in [-0.3, -0.25) is 9.59 Å². The number of aryl methyl sites for hydroxylation is 1. The second-order valence-corrected chi connectivity index (χ2v) is 5.61. The average Bonchev–Trinajstić information content (AvgIpc) is 2.94. The van der Waals surface area contributed by atoms with Crippen molar-refractivity contribution >= 4 is 11.7 Å². The number of hydrogen-bond donors (Lipinski definition) is 2. The van der Waals surface area contributed by atoms with Crippen molar-refractivity contribution in [3.8, 4) is 0 Å². The highest BCUT2D eigenvalue weighted by Crippen LogP contribution is 2.18. The molecule has 1 atom stereocenters. The van der Waals surface area contributed by atoms with Crippen molar-refractivity contribution in [3.63, 3.8) is 0 Å². The van der Waals surface area contributed by atoms with Gasteiger partial charge in [-0.05, 0) is 25.0 Å². The summed E-state index contributed by atoms with van der Waals surface area (Å²) < 4.78 is 1.65. The number of nitrogens with zero attached hydrogens (tertiary/aromatic N) is 1. The SMILES string of the molecule is CC(=O)c1cc(C(=O)NCC(CCO)c2ccccc2)n(C)c1. The molecule has 0 saturated heterocycles. The molecule has 0 spiro atoms. The Morgan fingerprint density at radius 1 is 1.26 bits per heavy atom. The Morgan fingerprint density at radius 2 is 1.96 bits per heavy atom. The fourth-order valence-electron chi connectivity index (χ4n) is 2.56. The number of rotatable bonds is 7. The van der Waals surface area contributed by atoms with E-state index < -0.39 is 0 Å². The van der Waals surface area contributed by atoms with Crippen LogP contribution in [0.2, 0.25) is 0 Å². The molecule has 1 heterocycles. The molecule has 0 saturated carbocycles. The third kappa shape index (κ3) is 4.29. The zero-order chi connectivity index (χ0) is 16.8. The third-order valence-corrected chi connectivity index (χ3v) is 3.90. The number of aliphatic hydroxyl groups is 1. The van der Waals surface area contributed by atoms with E-state index in [-0.39, 0.29) is 24.2 Å². The third-order valence-electron chi connectivity index (χ3n) is 3.90. The molecule has 122 valence electrons. The van der Waals surface area contributed by atoms with E-state index in [1.807, 2.05) is 30.3 Å². The van der Waals surface area contributed by atoms with Crippen LogP contribution in [0, 0.1) is 0 Å². The molecule has 2 aromatic rings. The molecule has 23 heavy (non-hydrogen) atoms. The van der Waals surface area contributed by atoms with E-state index in [9.17, 15) is 14.7 Å². The van der Waals surface area contributed by atoms with Gasteiger partial charge in [-0.1, -0.05) is 30.3 Å². The molecular formula is C18H22N2O3. The van der Waals surface area contributed by atoms with Crippen LogP contribution in [0.5, 0.6) is 0 Å². The first-order valence-corrected chi connectivity index (χ1v) is 7.64. The number of carbonyl (C=O) groups is 2. The number of amides is 1. The van der Waals surface area contributed by atoms with E-state index in [0.717, 1.165) is 5.56 Å². The normalized spacial score (nSPS) is 12.0. The van der Waals surface area contributed by atoms with Crippen LogP contribution in [0.25, 0.3) is 0 Å². The second-order valence-electron chi connectivity index (χ2n) is 5.61. The molecule has 1 aromatic carbocycles. The molecule has 0 aliphatic rings. The number of nitrogens with one attached hydrogen (secondary N) is 1. The zero-order valence-corrected chi connectivity index (χ0v) is 13.5. The summed E-state index contributed by atoms with van der Waals surface area (Å²) in [4.78, 5) is 23.7. The number of aliphatic hydroxyl groups excluding tert-OH is 1. The van der Waals surface area contributed by atoms with Gasteiger partial charge in [0.1, 0.15) is 5.69 Å². The molecule has 0 aliphatic heterocycles. The average molecular weight is 314 g/mol. The maximum atomic E-state index is 12.3. The first kappa shape index (κ1) is 17.0.